The molecule has 0 spiro atoms. The minimum atomic E-state index is -0.127. The fourth-order valence-electron chi connectivity index (χ4n) is 1.24. The van der Waals surface area contributed by atoms with Crippen molar-refractivity contribution in [1.82, 2.24) is 9.78 Å². The van der Waals surface area contributed by atoms with Gasteiger partial charge < -0.3 is 4.74 Å². The summed E-state index contributed by atoms with van der Waals surface area (Å²) in [4.78, 5) is 11.6. The summed E-state index contributed by atoms with van der Waals surface area (Å²) < 4.78 is 6.74. The zero-order valence-corrected chi connectivity index (χ0v) is 7.36. The molecule has 0 atom stereocenters. The van der Waals surface area contributed by atoms with Crippen molar-refractivity contribution >= 4 is 5.78 Å². The molecule has 0 radical (unpaired) electrons. The molecule has 4 heteroatoms. The molecular weight excluding hydrogens is 168 g/mol. The van der Waals surface area contributed by atoms with Crippen LogP contribution in [0.25, 0.3) is 0 Å². The topological polar surface area (TPSA) is 44.1 Å². The summed E-state index contributed by atoms with van der Waals surface area (Å²) in [5.41, 5.74) is 0.440. The van der Waals surface area contributed by atoms with Gasteiger partial charge in [-0.25, -0.2) is 0 Å². The van der Waals surface area contributed by atoms with Crippen molar-refractivity contribution in [3.05, 3.63) is 29.8 Å². The minimum Gasteiger partial charge on any atom is -0.489 e. The number of rotatable bonds is 2. The Kier molecular flexibility index (Phi) is 1.88. The van der Waals surface area contributed by atoms with Gasteiger partial charge in [0.25, 0.3) is 0 Å². The molecule has 0 unspecified atom stereocenters. The van der Waals surface area contributed by atoms with Gasteiger partial charge in [0.05, 0.1) is 6.61 Å². The highest BCUT2D eigenvalue weighted by molar-refractivity contribution is 6.06. The molecular formula is C9H10N2O2. The van der Waals surface area contributed by atoms with Gasteiger partial charge in [-0.05, 0) is 12.1 Å². The smallest absolute Gasteiger partial charge is 0.247 e. The van der Waals surface area contributed by atoms with Crippen molar-refractivity contribution in [1.29, 1.82) is 0 Å². The average Bonchev–Trinajstić information content (AvgIpc) is 2.72. The van der Waals surface area contributed by atoms with Crippen LogP contribution in [0.3, 0.4) is 0 Å². The number of hydrogen-bond acceptors (Lipinski definition) is 3. The normalized spacial score (nSPS) is 15.3. The van der Waals surface area contributed by atoms with Crippen LogP contribution in [0.15, 0.2) is 24.1 Å². The van der Waals surface area contributed by atoms with E-state index in [0.29, 0.717) is 18.1 Å². The van der Waals surface area contributed by atoms with Crippen molar-refractivity contribution in [2.24, 2.45) is 7.05 Å². The zero-order chi connectivity index (χ0) is 9.26. The lowest BCUT2D eigenvalue weighted by atomic mass is 10.2. The Hall–Kier alpha value is -1.58. The average molecular weight is 178 g/mol. The predicted octanol–water partition coefficient (Wildman–Crippen LogP) is 0.907. The van der Waals surface area contributed by atoms with Crippen LogP contribution in [-0.2, 0) is 11.8 Å². The lowest BCUT2D eigenvalue weighted by molar-refractivity contribution is 0.0937. The van der Waals surface area contributed by atoms with Crippen molar-refractivity contribution in [3.63, 3.8) is 0 Å². The van der Waals surface area contributed by atoms with E-state index in [-0.39, 0.29) is 5.78 Å². The second kappa shape index (κ2) is 3.05. The Labute approximate surface area is 75.8 Å². The van der Waals surface area contributed by atoms with E-state index in [1.807, 2.05) is 0 Å². The second-order valence-corrected chi connectivity index (χ2v) is 2.91. The number of aryl methyl sites for hydroxylation is 1. The molecule has 0 saturated heterocycles. The van der Waals surface area contributed by atoms with Gasteiger partial charge in [0, 0.05) is 19.7 Å². The largest absolute Gasteiger partial charge is 0.489 e. The van der Waals surface area contributed by atoms with Gasteiger partial charge in [-0.3, -0.25) is 9.48 Å². The van der Waals surface area contributed by atoms with Crippen molar-refractivity contribution in [3.8, 4) is 0 Å². The Balaban J connectivity index is 2.22. The third kappa shape index (κ3) is 1.47. The molecule has 0 fully saturated rings. The first-order valence-corrected chi connectivity index (χ1v) is 4.14. The Morgan fingerprint density at radius 1 is 1.69 bits per heavy atom. The molecule has 0 aromatic carbocycles. The van der Waals surface area contributed by atoms with Crippen LogP contribution in [0.5, 0.6) is 0 Å². The summed E-state index contributed by atoms with van der Waals surface area (Å²) >= 11 is 0. The van der Waals surface area contributed by atoms with Crippen LogP contribution >= 0.6 is 0 Å². The van der Waals surface area contributed by atoms with Crippen LogP contribution < -0.4 is 0 Å². The second-order valence-electron chi connectivity index (χ2n) is 2.91. The Morgan fingerprint density at radius 3 is 3.08 bits per heavy atom. The van der Waals surface area contributed by atoms with Crippen molar-refractivity contribution in [2.75, 3.05) is 6.61 Å². The fourth-order valence-corrected chi connectivity index (χ4v) is 1.24. The maximum atomic E-state index is 11.6. The molecule has 68 valence electrons. The molecule has 1 aliphatic rings. The van der Waals surface area contributed by atoms with E-state index in [1.54, 1.807) is 30.1 Å². The molecule has 1 aromatic rings. The summed E-state index contributed by atoms with van der Waals surface area (Å²) in [6.45, 7) is 0.605. The first-order valence-electron chi connectivity index (χ1n) is 4.14. The molecule has 2 heterocycles. The number of allylic oxidation sites excluding steroid dienone is 1. The SMILES string of the molecule is Cn1ccc(C(=O)C2=CCCO2)n1. The summed E-state index contributed by atoms with van der Waals surface area (Å²) in [7, 11) is 1.78. The molecule has 0 bridgehead atoms. The van der Waals surface area contributed by atoms with E-state index >= 15 is 0 Å². The zero-order valence-electron chi connectivity index (χ0n) is 7.36. The Bertz CT molecular complexity index is 365. The maximum Gasteiger partial charge on any atom is 0.247 e. The van der Waals surface area contributed by atoms with Gasteiger partial charge in [-0.15, -0.1) is 0 Å². The molecule has 2 rings (SSSR count). The highest BCUT2D eigenvalue weighted by Gasteiger charge is 2.18. The van der Waals surface area contributed by atoms with Crippen LogP contribution in [0.1, 0.15) is 16.9 Å². The van der Waals surface area contributed by atoms with E-state index in [9.17, 15) is 4.79 Å². The number of ketones is 1. The molecule has 1 aromatic heterocycles. The molecule has 0 amide bonds. The van der Waals surface area contributed by atoms with Gasteiger partial charge in [0.2, 0.25) is 5.78 Å². The van der Waals surface area contributed by atoms with Crippen LogP contribution in [0.2, 0.25) is 0 Å². The maximum absolute atomic E-state index is 11.6. The van der Waals surface area contributed by atoms with Crippen LogP contribution in [-0.4, -0.2) is 22.2 Å². The standard InChI is InChI=1S/C9H10N2O2/c1-11-5-4-7(10-11)9(12)8-3-2-6-13-8/h3-5H,2,6H2,1H3. The fraction of sp³-hybridized carbons (Fsp3) is 0.333. The predicted molar refractivity (Wildman–Crippen MR) is 46.2 cm³/mol. The van der Waals surface area contributed by atoms with Crippen molar-refractivity contribution in [2.45, 2.75) is 6.42 Å². The molecule has 0 saturated carbocycles. The van der Waals surface area contributed by atoms with Crippen molar-refractivity contribution < 1.29 is 9.53 Å². The van der Waals surface area contributed by atoms with Gasteiger partial charge in [-0.2, -0.15) is 5.10 Å². The van der Waals surface area contributed by atoms with E-state index < -0.39 is 0 Å². The molecule has 4 nitrogen and oxygen atoms in total. The lowest BCUT2D eigenvalue weighted by Gasteiger charge is -1.98. The number of hydrogen-bond donors (Lipinski definition) is 0. The van der Waals surface area contributed by atoms with Crippen LogP contribution in [0.4, 0.5) is 0 Å². The summed E-state index contributed by atoms with van der Waals surface area (Å²) in [5, 5.41) is 4.00. The monoisotopic (exact) mass is 178 g/mol. The Morgan fingerprint density at radius 2 is 2.54 bits per heavy atom. The molecule has 0 N–H and O–H groups in total. The van der Waals surface area contributed by atoms with Crippen LogP contribution in [0, 0.1) is 0 Å². The lowest BCUT2D eigenvalue weighted by Crippen LogP contribution is -2.05. The molecule has 13 heavy (non-hydrogen) atoms. The van der Waals surface area contributed by atoms with E-state index in [2.05, 4.69) is 5.10 Å². The van der Waals surface area contributed by atoms with E-state index in [0.717, 1.165) is 6.42 Å². The number of carbonyl (C=O) groups is 1. The first-order chi connectivity index (χ1) is 6.27. The van der Waals surface area contributed by atoms with Gasteiger partial charge in [0.15, 0.2) is 5.76 Å². The number of ether oxygens (including phenoxy) is 1. The highest BCUT2D eigenvalue weighted by atomic mass is 16.5. The van der Waals surface area contributed by atoms with E-state index in [1.165, 1.54) is 0 Å². The van der Waals surface area contributed by atoms with Gasteiger partial charge in [0.1, 0.15) is 5.69 Å². The number of nitrogens with zero attached hydrogens (tertiary/aromatic N) is 2. The third-order valence-electron chi connectivity index (χ3n) is 1.88. The quantitative estimate of drug-likeness (QED) is 0.632. The summed E-state index contributed by atoms with van der Waals surface area (Å²) in [5.74, 6) is 0.303. The number of Topliss-reactive ketones (excluding diaryl/α,β-unsaturated/α-hetero) is 1. The first kappa shape index (κ1) is 8.04. The summed E-state index contributed by atoms with van der Waals surface area (Å²) in [6.07, 6.45) is 4.35. The van der Waals surface area contributed by atoms with Gasteiger partial charge in [-0.1, -0.05) is 0 Å². The van der Waals surface area contributed by atoms with E-state index in [4.69, 9.17) is 4.74 Å². The van der Waals surface area contributed by atoms with Gasteiger partial charge >= 0.3 is 0 Å². The number of aromatic nitrogens is 2. The highest BCUT2D eigenvalue weighted by Crippen LogP contribution is 2.13. The molecule has 1 aliphatic heterocycles. The third-order valence-corrected chi connectivity index (χ3v) is 1.88. The summed E-state index contributed by atoms with van der Waals surface area (Å²) in [6, 6.07) is 1.69. The minimum absolute atomic E-state index is 0.127. The number of carbonyl (C=O) groups excluding carboxylic acids is 1. The molecule has 0 aliphatic carbocycles.